The normalized spacial score (nSPS) is 32.1. The maximum Gasteiger partial charge on any atom is -0.0412 e. The summed E-state index contributed by atoms with van der Waals surface area (Å²) in [5.41, 5.74) is 0. The van der Waals surface area contributed by atoms with Gasteiger partial charge in [-0.15, -0.1) is 0 Å². The molecular formula is C19H36. The quantitative estimate of drug-likeness (QED) is 0.530. The monoisotopic (exact) mass is 264 g/mol. The SMILES string of the molecule is CCC1CCCCCC(CC2CCCCC2)CCC1. The van der Waals surface area contributed by atoms with Crippen LogP contribution in [0.3, 0.4) is 0 Å². The van der Waals surface area contributed by atoms with E-state index >= 15 is 0 Å². The van der Waals surface area contributed by atoms with Crippen molar-refractivity contribution >= 4 is 0 Å². The topological polar surface area (TPSA) is 0 Å². The van der Waals surface area contributed by atoms with Crippen molar-refractivity contribution in [3.8, 4) is 0 Å². The summed E-state index contributed by atoms with van der Waals surface area (Å²) >= 11 is 0. The van der Waals surface area contributed by atoms with Crippen molar-refractivity contribution < 1.29 is 0 Å². The van der Waals surface area contributed by atoms with E-state index in [1.165, 1.54) is 64.2 Å². The van der Waals surface area contributed by atoms with Crippen LogP contribution < -0.4 is 0 Å². The molecule has 2 fully saturated rings. The van der Waals surface area contributed by atoms with Gasteiger partial charge in [-0.3, -0.25) is 0 Å². The van der Waals surface area contributed by atoms with Gasteiger partial charge in [0.15, 0.2) is 0 Å². The lowest BCUT2D eigenvalue weighted by molar-refractivity contribution is 0.250. The highest BCUT2D eigenvalue weighted by Crippen LogP contribution is 2.34. The summed E-state index contributed by atoms with van der Waals surface area (Å²) in [5.74, 6) is 3.23. The molecule has 0 heteroatoms. The fraction of sp³-hybridized carbons (Fsp3) is 1.00. The highest BCUT2D eigenvalue weighted by atomic mass is 14.3. The molecule has 0 aliphatic heterocycles. The summed E-state index contributed by atoms with van der Waals surface area (Å²) in [6.07, 6.45) is 22.9. The van der Waals surface area contributed by atoms with Crippen LogP contribution >= 0.6 is 0 Å². The van der Waals surface area contributed by atoms with Crippen molar-refractivity contribution in [1.29, 1.82) is 0 Å². The third-order valence-corrected chi connectivity index (χ3v) is 5.92. The molecule has 2 aliphatic rings. The van der Waals surface area contributed by atoms with Crippen LogP contribution in [0.2, 0.25) is 0 Å². The van der Waals surface area contributed by atoms with Crippen LogP contribution in [0, 0.1) is 17.8 Å². The molecule has 0 spiro atoms. The minimum Gasteiger partial charge on any atom is -0.0651 e. The smallest absolute Gasteiger partial charge is 0.0412 e. The summed E-state index contributed by atoms with van der Waals surface area (Å²) in [7, 11) is 0. The van der Waals surface area contributed by atoms with E-state index in [1.807, 2.05) is 0 Å². The zero-order valence-electron chi connectivity index (χ0n) is 13.3. The largest absolute Gasteiger partial charge is 0.0651 e. The molecule has 112 valence electrons. The van der Waals surface area contributed by atoms with E-state index in [0.29, 0.717) is 0 Å². The molecule has 2 rings (SSSR count). The minimum absolute atomic E-state index is 1.05. The predicted octanol–water partition coefficient (Wildman–Crippen LogP) is 6.73. The van der Waals surface area contributed by atoms with E-state index in [9.17, 15) is 0 Å². The van der Waals surface area contributed by atoms with Crippen molar-refractivity contribution in [1.82, 2.24) is 0 Å². The molecule has 19 heavy (non-hydrogen) atoms. The van der Waals surface area contributed by atoms with E-state index in [0.717, 1.165) is 17.8 Å². The van der Waals surface area contributed by atoms with Gasteiger partial charge in [0, 0.05) is 0 Å². The summed E-state index contributed by atoms with van der Waals surface area (Å²) in [4.78, 5) is 0. The molecular weight excluding hydrogens is 228 g/mol. The maximum atomic E-state index is 2.40. The molecule has 0 aromatic heterocycles. The molecule has 2 atom stereocenters. The zero-order valence-corrected chi connectivity index (χ0v) is 13.3. The molecule has 0 nitrogen and oxygen atoms in total. The van der Waals surface area contributed by atoms with Crippen LogP contribution in [0.25, 0.3) is 0 Å². The Morgan fingerprint density at radius 2 is 0.947 bits per heavy atom. The first-order valence-corrected chi connectivity index (χ1v) is 9.38. The summed E-state index contributed by atoms with van der Waals surface area (Å²) in [6.45, 7) is 2.40. The fourth-order valence-electron chi connectivity index (χ4n) is 4.56. The highest BCUT2D eigenvalue weighted by Gasteiger charge is 2.20. The Labute approximate surface area is 121 Å². The molecule has 0 aromatic rings. The third-order valence-electron chi connectivity index (χ3n) is 5.92. The number of rotatable bonds is 3. The van der Waals surface area contributed by atoms with Crippen LogP contribution in [0.5, 0.6) is 0 Å². The zero-order chi connectivity index (χ0) is 13.3. The second-order valence-corrected chi connectivity index (χ2v) is 7.45. The second-order valence-electron chi connectivity index (χ2n) is 7.45. The van der Waals surface area contributed by atoms with Gasteiger partial charge in [0.1, 0.15) is 0 Å². The highest BCUT2D eigenvalue weighted by molar-refractivity contribution is 4.72. The first-order valence-electron chi connectivity index (χ1n) is 9.38. The molecule has 0 aromatic carbocycles. The second kappa shape index (κ2) is 9.03. The lowest BCUT2D eigenvalue weighted by Crippen LogP contribution is -2.14. The van der Waals surface area contributed by atoms with Gasteiger partial charge in [0.2, 0.25) is 0 Å². The molecule has 0 N–H and O–H groups in total. The van der Waals surface area contributed by atoms with Crippen LogP contribution in [0.4, 0.5) is 0 Å². The Bertz CT molecular complexity index is 214. The maximum absolute atomic E-state index is 2.40. The lowest BCUT2D eigenvalue weighted by atomic mass is 9.78. The Morgan fingerprint density at radius 3 is 1.47 bits per heavy atom. The molecule has 2 aliphatic carbocycles. The molecule has 0 heterocycles. The van der Waals surface area contributed by atoms with Gasteiger partial charge in [0.25, 0.3) is 0 Å². The van der Waals surface area contributed by atoms with E-state index in [1.54, 1.807) is 32.1 Å². The van der Waals surface area contributed by atoms with Gasteiger partial charge in [-0.05, 0) is 24.2 Å². The summed E-state index contributed by atoms with van der Waals surface area (Å²) in [6, 6.07) is 0. The van der Waals surface area contributed by atoms with Crippen LogP contribution in [-0.2, 0) is 0 Å². The van der Waals surface area contributed by atoms with Crippen molar-refractivity contribution in [2.24, 2.45) is 17.8 Å². The van der Waals surface area contributed by atoms with E-state index < -0.39 is 0 Å². The van der Waals surface area contributed by atoms with Gasteiger partial charge < -0.3 is 0 Å². The standard InChI is InChI=1S/C19H36/c1-2-17-10-5-3-6-13-19(15-9-14-17)16-18-11-7-4-8-12-18/h17-19H,2-16H2,1H3. The van der Waals surface area contributed by atoms with E-state index in [4.69, 9.17) is 0 Å². The van der Waals surface area contributed by atoms with Crippen molar-refractivity contribution in [2.75, 3.05) is 0 Å². The summed E-state index contributed by atoms with van der Waals surface area (Å²) < 4.78 is 0. The van der Waals surface area contributed by atoms with E-state index in [2.05, 4.69) is 6.92 Å². The average molecular weight is 264 g/mol. The average Bonchev–Trinajstić information content (AvgIpc) is 2.46. The van der Waals surface area contributed by atoms with Gasteiger partial charge in [-0.25, -0.2) is 0 Å². The molecule has 0 amide bonds. The van der Waals surface area contributed by atoms with E-state index in [-0.39, 0.29) is 0 Å². The Hall–Kier alpha value is 0. The first-order chi connectivity index (χ1) is 9.38. The number of hydrogen-bond acceptors (Lipinski definition) is 0. The Kier molecular flexibility index (Phi) is 7.32. The van der Waals surface area contributed by atoms with Crippen LogP contribution in [0.1, 0.15) is 103 Å². The molecule has 0 saturated heterocycles. The van der Waals surface area contributed by atoms with Gasteiger partial charge in [-0.2, -0.15) is 0 Å². The predicted molar refractivity (Wildman–Crippen MR) is 85.4 cm³/mol. The Morgan fingerprint density at radius 1 is 0.526 bits per heavy atom. The molecule has 2 unspecified atom stereocenters. The molecule has 0 radical (unpaired) electrons. The molecule has 2 saturated carbocycles. The fourth-order valence-corrected chi connectivity index (χ4v) is 4.56. The van der Waals surface area contributed by atoms with Gasteiger partial charge in [-0.1, -0.05) is 96.8 Å². The first kappa shape index (κ1) is 15.4. The number of hydrogen-bond donors (Lipinski definition) is 0. The van der Waals surface area contributed by atoms with Crippen molar-refractivity contribution in [3.05, 3.63) is 0 Å². The van der Waals surface area contributed by atoms with Crippen LogP contribution in [0.15, 0.2) is 0 Å². The van der Waals surface area contributed by atoms with Gasteiger partial charge >= 0.3 is 0 Å². The Balaban J connectivity index is 1.74. The summed E-state index contributed by atoms with van der Waals surface area (Å²) in [5, 5.41) is 0. The third kappa shape index (κ3) is 5.88. The van der Waals surface area contributed by atoms with Gasteiger partial charge in [0.05, 0.1) is 0 Å². The molecule has 0 bridgehead atoms. The van der Waals surface area contributed by atoms with Crippen molar-refractivity contribution in [2.45, 2.75) is 103 Å². The van der Waals surface area contributed by atoms with Crippen LogP contribution in [-0.4, -0.2) is 0 Å². The minimum atomic E-state index is 1.05. The van der Waals surface area contributed by atoms with Crippen molar-refractivity contribution in [3.63, 3.8) is 0 Å². The lowest BCUT2D eigenvalue weighted by Gasteiger charge is -2.28.